The zero-order valence-electron chi connectivity index (χ0n) is 14.4. The quantitative estimate of drug-likeness (QED) is 0.662. The van der Waals surface area contributed by atoms with Crippen molar-refractivity contribution < 1.29 is 17.9 Å². The number of hydrogen-bond acceptors (Lipinski definition) is 5. The summed E-state index contributed by atoms with van der Waals surface area (Å²) in [5.41, 5.74) is 5.80. The Morgan fingerprint density at radius 2 is 1.88 bits per heavy atom. The number of ether oxygens (including phenoxy) is 1. The summed E-state index contributed by atoms with van der Waals surface area (Å²) < 4.78 is 28.3. The number of carbonyl (C=O) groups excluding carboxylic acids is 1. The van der Waals surface area contributed by atoms with Gasteiger partial charge >= 0.3 is 0 Å². The molecular formula is C16H27ClN2O4S. The van der Waals surface area contributed by atoms with Crippen molar-refractivity contribution >= 4 is 28.2 Å². The molecule has 0 saturated carbocycles. The highest BCUT2D eigenvalue weighted by molar-refractivity contribution is 7.90. The van der Waals surface area contributed by atoms with Crippen molar-refractivity contribution in [3.8, 4) is 5.75 Å². The van der Waals surface area contributed by atoms with Gasteiger partial charge in [-0.3, -0.25) is 4.79 Å². The minimum Gasteiger partial charge on any atom is -0.494 e. The predicted octanol–water partition coefficient (Wildman–Crippen LogP) is 1.87. The third kappa shape index (κ3) is 7.51. The average molecular weight is 379 g/mol. The van der Waals surface area contributed by atoms with Gasteiger partial charge in [-0.05, 0) is 37.1 Å². The lowest BCUT2D eigenvalue weighted by Gasteiger charge is -2.21. The van der Waals surface area contributed by atoms with Gasteiger partial charge < -0.3 is 15.4 Å². The number of nitrogens with two attached hydrogens (primary N) is 1. The molecule has 2 N–H and O–H groups in total. The smallest absolute Gasteiger partial charge is 0.239 e. The van der Waals surface area contributed by atoms with E-state index in [4.69, 9.17) is 10.5 Å². The molecule has 138 valence electrons. The van der Waals surface area contributed by atoms with Crippen molar-refractivity contribution in [1.82, 2.24) is 4.90 Å². The summed E-state index contributed by atoms with van der Waals surface area (Å²) >= 11 is 0. The maximum atomic E-state index is 11.9. The summed E-state index contributed by atoms with van der Waals surface area (Å²) in [5, 5.41) is 0. The third-order valence-electron chi connectivity index (χ3n) is 3.45. The number of carbonyl (C=O) groups is 1. The zero-order valence-corrected chi connectivity index (χ0v) is 16.0. The van der Waals surface area contributed by atoms with Gasteiger partial charge in [0.25, 0.3) is 0 Å². The molecular weight excluding hydrogens is 352 g/mol. The Balaban J connectivity index is 0.00000529. The van der Waals surface area contributed by atoms with Gasteiger partial charge in [-0.1, -0.05) is 13.3 Å². The van der Waals surface area contributed by atoms with Crippen LogP contribution in [0.2, 0.25) is 0 Å². The third-order valence-corrected chi connectivity index (χ3v) is 4.58. The Kier molecular flexibility index (Phi) is 9.96. The van der Waals surface area contributed by atoms with Crippen LogP contribution in [0.4, 0.5) is 0 Å². The van der Waals surface area contributed by atoms with Crippen molar-refractivity contribution in [3.05, 3.63) is 24.3 Å². The van der Waals surface area contributed by atoms with Crippen LogP contribution in [0, 0.1) is 0 Å². The first-order valence-electron chi connectivity index (χ1n) is 7.69. The summed E-state index contributed by atoms with van der Waals surface area (Å²) in [6.45, 7) is 3.01. The molecule has 1 aromatic rings. The maximum Gasteiger partial charge on any atom is 0.239 e. The molecule has 0 radical (unpaired) electrons. The van der Waals surface area contributed by atoms with E-state index in [1.54, 1.807) is 24.1 Å². The van der Waals surface area contributed by atoms with E-state index in [2.05, 4.69) is 0 Å². The van der Waals surface area contributed by atoms with Gasteiger partial charge in [0, 0.05) is 19.8 Å². The Morgan fingerprint density at radius 1 is 1.29 bits per heavy atom. The first-order chi connectivity index (χ1) is 10.8. The Hall–Kier alpha value is -1.31. The molecule has 1 aromatic carbocycles. The molecule has 24 heavy (non-hydrogen) atoms. The monoisotopic (exact) mass is 378 g/mol. The van der Waals surface area contributed by atoms with Crippen molar-refractivity contribution in [2.45, 2.75) is 37.1 Å². The molecule has 0 aliphatic carbocycles. The number of sulfone groups is 1. The molecule has 1 rings (SSSR count). The molecule has 8 heteroatoms. The Labute approximate surface area is 150 Å². The normalized spacial score (nSPS) is 12.2. The van der Waals surface area contributed by atoms with Crippen LogP contribution in [-0.4, -0.2) is 51.7 Å². The van der Waals surface area contributed by atoms with Crippen LogP contribution in [0.25, 0.3) is 0 Å². The number of amides is 1. The SMILES string of the molecule is CCCC(N)C(=O)N(C)CCCOc1ccc(S(C)(=O)=O)cc1.Cl. The van der Waals surface area contributed by atoms with Crippen molar-refractivity contribution in [2.75, 3.05) is 26.5 Å². The van der Waals surface area contributed by atoms with Crippen LogP contribution in [0.1, 0.15) is 26.2 Å². The van der Waals surface area contributed by atoms with E-state index in [0.29, 0.717) is 31.7 Å². The van der Waals surface area contributed by atoms with Gasteiger partial charge in [0.1, 0.15) is 5.75 Å². The second-order valence-electron chi connectivity index (χ2n) is 5.60. The topological polar surface area (TPSA) is 89.7 Å². The van der Waals surface area contributed by atoms with Crippen LogP contribution in [0.3, 0.4) is 0 Å². The van der Waals surface area contributed by atoms with E-state index in [1.165, 1.54) is 18.4 Å². The highest BCUT2D eigenvalue weighted by Crippen LogP contribution is 2.15. The van der Waals surface area contributed by atoms with E-state index >= 15 is 0 Å². The van der Waals surface area contributed by atoms with Gasteiger partial charge in [-0.25, -0.2) is 8.42 Å². The highest BCUT2D eigenvalue weighted by atomic mass is 35.5. The lowest BCUT2D eigenvalue weighted by molar-refractivity contribution is -0.131. The van der Waals surface area contributed by atoms with Crippen LogP contribution >= 0.6 is 12.4 Å². The van der Waals surface area contributed by atoms with E-state index < -0.39 is 15.9 Å². The van der Waals surface area contributed by atoms with E-state index in [1.807, 2.05) is 6.92 Å². The molecule has 0 heterocycles. The summed E-state index contributed by atoms with van der Waals surface area (Å²) in [5.74, 6) is 0.554. The Morgan fingerprint density at radius 3 is 2.38 bits per heavy atom. The number of hydrogen-bond donors (Lipinski definition) is 1. The predicted molar refractivity (Wildman–Crippen MR) is 97.4 cm³/mol. The summed E-state index contributed by atoms with van der Waals surface area (Å²) in [6, 6.07) is 5.85. The fourth-order valence-electron chi connectivity index (χ4n) is 2.10. The number of rotatable bonds is 9. The molecule has 6 nitrogen and oxygen atoms in total. The van der Waals surface area contributed by atoms with E-state index in [-0.39, 0.29) is 23.2 Å². The minimum atomic E-state index is -3.19. The van der Waals surface area contributed by atoms with Gasteiger partial charge in [-0.15, -0.1) is 12.4 Å². The van der Waals surface area contributed by atoms with Gasteiger partial charge in [-0.2, -0.15) is 0 Å². The number of likely N-dealkylation sites (N-methyl/N-ethyl adjacent to an activating group) is 1. The standard InChI is InChI=1S/C16H26N2O4S.ClH/c1-4-6-15(17)16(19)18(2)11-5-12-22-13-7-9-14(10-8-13)23(3,20)21;/h7-10,15H,4-6,11-12,17H2,1-3H3;1H. The van der Waals surface area contributed by atoms with Crippen molar-refractivity contribution in [3.63, 3.8) is 0 Å². The minimum absolute atomic E-state index is 0. The fourth-order valence-corrected chi connectivity index (χ4v) is 2.73. The molecule has 0 saturated heterocycles. The maximum absolute atomic E-state index is 11.9. The number of halogens is 1. The van der Waals surface area contributed by atoms with Crippen molar-refractivity contribution in [2.24, 2.45) is 5.73 Å². The van der Waals surface area contributed by atoms with Gasteiger partial charge in [0.05, 0.1) is 17.5 Å². The van der Waals surface area contributed by atoms with Gasteiger partial charge in [0.15, 0.2) is 9.84 Å². The van der Waals surface area contributed by atoms with E-state index in [0.717, 1.165) is 6.42 Å². The lowest BCUT2D eigenvalue weighted by atomic mass is 10.1. The van der Waals surface area contributed by atoms with Gasteiger partial charge in [0.2, 0.25) is 5.91 Å². The van der Waals surface area contributed by atoms with Crippen LogP contribution < -0.4 is 10.5 Å². The molecule has 1 atom stereocenters. The van der Waals surface area contributed by atoms with E-state index in [9.17, 15) is 13.2 Å². The number of nitrogens with zero attached hydrogens (tertiary/aromatic N) is 1. The summed E-state index contributed by atoms with van der Waals surface area (Å²) in [6.07, 6.45) is 3.41. The second kappa shape index (κ2) is 10.5. The van der Waals surface area contributed by atoms with Crippen LogP contribution in [0.5, 0.6) is 5.75 Å². The van der Waals surface area contributed by atoms with Crippen LogP contribution in [-0.2, 0) is 14.6 Å². The molecule has 0 fully saturated rings. The Bertz CT molecular complexity index is 605. The van der Waals surface area contributed by atoms with Crippen LogP contribution in [0.15, 0.2) is 29.2 Å². The lowest BCUT2D eigenvalue weighted by Crippen LogP contribution is -2.42. The second-order valence-corrected chi connectivity index (χ2v) is 7.62. The highest BCUT2D eigenvalue weighted by Gasteiger charge is 2.16. The largest absolute Gasteiger partial charge is 0.494 e. The number of benzene rings is 1. The fraction of sp³-hybridized carbons (Fsp3) is 0.562. The zero-order chi connectivity index (χ0) is 17.5. The molecule has 0 aromatic heterocycles. The molecule has 0 aliphatic rings. The molecule has 0 spiro atoms. The molecule has 1 amide bonds. The first-order valence-corrected chi connectivity index (χ1v) is 9.58. The first kappa shape index (κ1) is 22.7. The summed E-state index contributed by atoms with van der Waals surface area (Å²) in [7, 11) is -1.46. The average Bonchev–Trinajstić information content (AvgIpc) is 2.50. The van der Waals surface area contributed by atoms with Crippen molar-refractivity contribution in [1.29, 1.82) is 0 Å². The molecule has 0 bridgehead atoms. The summed E-state index contributed by atoms with van der Waals surface area (Å²) in [4.78, 5) is 13.8. The molecule has 1 unspecified atom stereocenters. The molecule has 0 aliphatic heterocycles.